The van der Waals surface area contributed by atoms with Gasteiger partial charge in [0.2, 0.25) is 0 Å². The molecule has 2 nitrogen and oxygen atoms in total. The van der Waals surface area contributed by atoms with Gasteiger partial charge >= 0.3 is 0 Å². The first-order chi connectivity index (χ1) is 8.30. The lowest BCUT2D eigenvalue weighted by Crippen LogP contribution is -2.38. The van der Waals surface area contributed by atoms with Gasteiger partial charge in [-0.3, -0.25) is 0 Å². The Morgan fingerprint density at radius 1 is 1.11 bits per heavy atom. The molecule has 0 spiro atoms. The first-order valence-electron chi connectivity index (χ1n) is 7.64. The van der Waals surface area contributed by atoms with Crippen LogP contribution in [0, 0.1) is 16.7 Å². The Kier molecular flexibility index (Phi) is 5.67. The fourth-order valence-electron chi connectivity index (χ4n) is 2.99. The van der Waals surface area contributed by atoms with Crippen molar-refractivity contribution in [2.75, 3.05) is 26.2 Å². The van der Waals surface area contributed by atoms with Gasteiger partial charge in [-0.2, -0.15) is 0 Å². The molecule has 2 heteroatoms. The highest BCUT2D eigenvalue weighted by Gasteiger charge is 2.30. The number of hydrogen-bond acceptors (Lipinski definition) is 2. The third kappa shape index (κ3) is 4.55. The van der Waals surface area contributed by atoms with Crippen molar-refractivity contribution in [3.63, 3.8) is 0 Å². The summed E-state index contributed by atoms with van der Waals surface area (Å²) in [7, 11) is 0. The number of rotatable bonds is 4. The molecule has 0 aromatic rings. The monoisotopic (exact) mass is 255 g/mol. The van der Waals surface area contributed by atoms with Crippen LogP contribution in [0.4, 0.5) is 0 Å². The standard InChI is InChI=1S/C16H33NO/c1-6-16(5,13-18)12-17-10-7-8-14(9-11-17)15(2,3)4/h14,18H,6-13H2,1-5H3. The summed E-state index contributed by atoms with van der Waals surface area (Å²) in [6.07, 6.45) is 5.05. The molecule has 1 aliphatic rings. The summed E-state index contributed by atoms with van der Waals surface area (Å²) in [6, 6.07) is 0. The summed E-state index contributed by atoms with van der Waals surface area (Å²) in [5.41, 5.74) is 0.530. The molecule has 2 unspecified atom stereocenters. The first kappa shape index (κ1) is 16.0. The van der Waals surface area contributed by atoms with Gasteiger partial charge < -0.3 is 10.0 Å². The molecule has 0 aromatic carbocycles. The average molecular weight is 255 g/mol. The molecule has 0 amide bonds. The Bertz CT molecular complexity index is 240. The van der Waals surface area contributed by atoms with E-state index in [9.17, 15) is 5.11 Å². The quantitative estimate of drug-likeness (QED) is 0.830. The van der Waals surface area contributed by atoms with E-state index >= 15 is 0 Å². The molecule has 1 N–H and O–H groups in total. The van der Waals surface area contributed by atoms with Gasteiger partial charge in [0.15, 0.2) is 0 Å². The van der Waals surface area contributed by atoms with E-state index in [0.29, 0.717) is 12.0 Å². The second kappa shape index (κ2) is 6.38. The molecule has 18 heavy (non-hydrogen) atoms. The number of aliphatic hydroxyl groups is 1. The largest absolute Gasteiger partial charge is 0.396 e. The molecule has 0 aliphatic carbocycles. The van der Waals surface area contributed by atoms with Crippen LogP contribution in [0.5, 0.6) is 0 Å². The van der Waals surface area contributed by atoms with E-state index in [0.717, 1.165) is 18.9 Å². The SMILES string of the molecule is CCC(C)(CO)CN1CCCC(C(C)(C)C)CC1. The molecule has 0 bridgehead atoms. The Morgan fingerprint density at radius 3 is 2.28 bits per heavy atom. The van der Waals surface area contributed by atoms with Crippen LogP contribution in [0.2, 0.25) is 0 Å². The molecule has 0 saturated carbocycles. The summed E-state index contributed by atoms with van der Waals surface area (Å²) in [4.78, 5) is 2.57. The molecule has 2 atom stereocenters. The van der Waals surface area contributed by atoms with Gasteiger partial charge in [-0.25, -0.2) is 0 Å². The van der Waals surface area contributed by atoms with E-state index in [1.54, 1.807) is 0 Å². The van der Waals surface area contributed by atoms with Crippen molar-refractivity contribution in [1.82, 2.24) is 4.90 Å². The average Bonchev–Trinajstić information content (AvgIpc) is 2.54. The third-order valence-electron chi connectivity index (χ3n) is 4.89. The minimum absolute atomic E-state index is 0.0849. The zero-order valence-corrected chi connectivity index (χ0v) is 13.1. The number of hydrogen-bond donors (Lipinski definition) is 1. The molecule has 0 aromatic heterocycles. The Morgan fingerprint density at radius 2 is 1.78 bits per heavy atom. The molecular weight excluding hydrogens is 222 g/mol. The summed E-state index contributed by atoms with van der Waals surface area (Å²) in [5, 5.41) is 9.54. The smallest absolute Gasteiger partial charge is 0.0496 e. The zero-order chi connectivity index (χ0) is 13.8. The van der Waals surface area contributed by atoms with E-state index < -0.39 is 0 Å². The maximum atomic E-state index is 9.54. The first-order valence-corrected chi connectivity index (χ1v) is 7.64. The molecule has 1 aliphatic heterocycles. The van der Waals surface area contributed by atoms with Crippen LogP contribution in [-0.4, -0.2) is 36.2 Å². The number of aliphatic hydroxyl groups excluding tert-OH is 1. The van der Waals surface area contributed by atoms with E-state index in [-0.39, 0.29) is 5.41 Å². The van der Waals surface area contributed by atoms with Crippen LogP contribution in [-0.2, 0) is 0 Å². The molecule has 1 heterocycles. The molecule has 108 valence electrons. The van der Waals surface area contributed by atoms with Crippen molar-refractivity contribution < 1.29 is 5.11 Å². The van der Waals surface area contributed by atoms with Crippen molar-refractivity contribution in [3.05, 3.63) is 0 Å². The lowest BCUT2D eigenvalue weighted by atomic mass is 9.77. The van der Waals surface area contributed by atoms with Gasteiger partial charge in [0.25, 0.3) is 0 Å². The molecule has 0 radical (unpaired) electrons. The lowest BCUT2D eigenvalue weighted by Gasteiger charge is -2.33. The van der Waals surface area contributed by atoms with Gasteiger partial charge in [0.05, 0.1) is 0 Å². The van der Waals surface area contributed by atoms with Crippen LogP contribution in [0.25, 0.3) is 0 Å². The zero-order valence-electron chi connectivity index (χ0n) is 13.1. The highest BCUT2D eigenvalue weighted by molar-refractivity contribution is 4.82. The van der Waals surface area contributed by atoms with Crippen molar-refractivity contribution in [1.29, 1.82) is 0 Å². The maximum Gasteiger partial charge on any atom is 0.0496 e. The Hall–Kier alpha value is -0.0800. The fourth-order valence-corrected chi connectivity index (χ4v) is 2.99. The van der Waals surface area contributed by atoms with Gasteiger partial charge in [-0.1, -0.05) is 34.6 Å². The van der Waals surface area contributed by atoms with Gasteiger partial charge in [-0.05, 0) is 50.1 Å². The van der Waals surface area contributed by atoms with Gasteiger partial charge in [-0.15, -0.1) is 0 Å². The summed E-state index contributed by atoms with van der Waals surface area (Å²) < 4.78 is 0. The molecule has 1 rings (SSSR count). The highest BCUT2D eigenvalue weighted by atomic mass is 16.3. The van der Waals surface area contributed by atoms with Gasteiger partial charge in [0, 0.05) is 18.6 Å². The van der Waals surface area contributed by atoms with Gasteiger partial charge in [0.1, 0.15) is 0 Å². The van der Waals surface area contributed by atoms with Crippen molar-refractivity contribution in [3.8, 4) is 0 Å². The number of likely N-dealkylation sites (tertiary alicyclic amines) is 1. The predicted molar refractivity (Wildman–Crippen MR) is 78.7 cm³/mol. The molecule has 1 saturated heterocycles. The topological polar surface area (TPSA) is 23.5 Å². The van der Waals surface area contributed by atoms with Crippen LogP contribution < -0.4 is 0 Å². The minimum atomic E-state index is 0.0849. The van der Waals surface area contributed by atoms with Crippen LogP contribution in [0.3, 0.4) is 0 Å². The van der Waals surface area contributed by atoms with Crippen LogP contribution in [0.1, 0.15) is 60.3 Å². The second-order valence-corrected chi connectivity index (χ2v) is 7.59. The van der Waals surface area contributed by atoms with Crippen LogP contribution >= 0.6 is 0 Å². The summed E-state index contributed by atoms with van der Waals surface area (Å²) >= 11 is 0. The molecular formula is C16H33NO. The summed E-state index contributed by atoms with van der Waals surface area (Å²) in [5.74, 6) is 0.851. The predicted octanol–water partition coefficient (Wildman–Crippen LogP) is 3.54. The van der Waals surface area contributed by atoms with Crippen molar-refractivity contribution in [2.45, 2.75) is 60.3 Å². The second-order valence-electron chi connectivity index (χ2n) is 7.59. The Balaban J connectivity index is 2.52. The fraction of sp³-hybridized carbons (Fsp3) is 1.00. The van der Waals surface area contributed by atoms with E-state index in [1.807, 2.05) is 0 Å². The normalized spacial score (nSPS) is 26.7. The van der Waals surface area contributed by atoms with E-state index in [1.165, 1.54) is 32.4 Å². The lowest BCUT2D eigenvalue weighted by molar-refractivity contribution is 0.0844. The minimum Gasteiger partial charge on any atom is -0.396 e. The summed E-state index contributed by atoms with van der Waals surface area (Å²) in [6.45, 7) is 15.3. The third-order valence-corrected chi connectivity index (χ3v) is 4.89. The van der Waals surface area contributed by atoms with Crippen molar-refractivity contribution >= 4 is 0 Å². The number of nitrogens with zero attached hydrogens (tertiary/aromatic N) is 1. The molecule has 1 fully saturated rings. The van der Waals surface area contributed by atoms with E-state index in [4.69, 9.17) is 0 Å². The van der Waals surface area contributed by atoms with Crippen LogP contribution in [0.15, 0.2) is 0 Å². The highest BCUT2D eigenvalue weighted by Crippen LogP contribution is 2.35. The maximum absolute atomic E-state index is 9.54. The van der Waals surface area contributed by atoms with Crippen molar-refractivity contribution in [2.24, 2.45) is 16.7 Å². The van der Waals surface area contributed by atoms with E-state index in [2.05, 4.69) is 39.5 Å². The Labute approximate surface area is 114 Å².